The molecule has 14 rings (SSSR count). The van der Waals surface area contributed by atoms with Crippen LogP contribution in [0.5, 0.6) is 0 Å². The molecular formula is C80H92F6N20O5. The van der Waals surface area contributed by atoms with E-state index in [4.69, 9.17) is 0 Å². The molecule has 8 heterocycles. The molecule has 0 bridgehead atoms. The van der Waals surface area contributed by atoms with Gasteiger partial charge in [0.2, 0.25) is 0 Å². The highest BCUT2D eigenvalue weighted by Gasteiger charge is 2.58. The number of nitrogens with zero attached hydrogens (tertiary/aromatic N) is 20. The Kier molecular flexibility index (Phi) is 25.4. The van der Waals surface area contributed by atoms with Crippen molar-refractivity contribution in [2.75, 3.05) is 72.0 Å². The van der Waals surface area contributed by atoms with Gasteiger partial charge in [-0.2, -0.15) is 27.8 Å². The van der Waals surface area contributed by atoms with Crippen LogP contribution in [0, 0.1) is 17.6 Å². The summed E-state index contributed by atoms with van der Waals surface area (Å²) < 4.78 is 99.9. The van der Waals surface area contributed by atoms with Crippen LogP contribution in [0.25, 0.3) is 33.6 Å². The van der Waals surface area contributed by atoms with Crippen molar-refractivity contribution < 1.29 is 41.7 Å². The molecule has 111 heavy (non-hydrogen) atoms. The Morgan fingerprint density at radius 1 is 0.414 bits per heavy atom. The summed E-state index contributed by atoms with van der Waals surface area (Å²) in [7, 11) is 0. The fraction of sp³-hybridized carbons (Fsp3) is 0.350. The van der Waals surface area contributed by atoms with E-state index >= 15 is 17.6 Å². The van der Waals surface area contributed by atoms with E-state index in [9.17, 15) is 33.7 Å². The number of benzene rings is 6. The number of hydrogen-bond acceptors (Lipinski definition) is 19. The molecule has 2 aliphatic heterocycles. The Bertz CT molecular complexity index is 4720. The van der Waals surface area contributed by atoms with Gasteiger partial charge >= 0.3 is 23.2 Å². The number of aromatic nitrogens is 16. The minimum Gasteiger partial charge on any atom is -0.391 e. The molecule has 0 saturated carbocycles. The first-order valence-corrected chi connectivity index (χ1v) is 35.5. The van der Waals surface area contributed by atoms with E-state index < -0.39 is 71.3 Å². The number of hydrogen-bond donors (Lipinski definition) is 3. The SMILES string of the molecule is C.C.C.CC[C@@H](C(C)C)n1ncn(-c2ccc(N3CCN(c4ccc(-c5ccc(C(F)(F)C(O)(Cn6cnnn6)c6ccc(F)cc6)nc5)cc4)CC3)cc2)c1=O.CC[C@@H]([C@H](C)O)n1ncn(-c2ccc(N3CCN(c4ccc(-c5ccc(C(F)(F)C(O)(Cn6cnnn6)c6ccc(F)cc6)nc5)cc4)CC3)cc2)c1=O. The molecule has 2 unspecified atom stereocenters. The highest BCUT2D eigenvalue weighted by Crippen LogP contribution is 2.48. The standard InChI is InChI=1S/C39H41F3N10O2.C38H39F3N10O3.3CH4/c1-4-35(27(2)3)52-37(53)51(26-45-52)34-16-14-33(15-17-34)49-21-19-48(20-22-49)32-12-5-28(6-13-32)29-7-18-36(43-23-29)39(41,42)38(54,24-50-25-44-46-47-50)30-8-10-31(40)11-9-30;1-3-34(26(2)52)51-36(53)50(25-44-51)33-15-13-32(14-16-33)48-20-18-47(19-21-48)31-11-4-27(5-12-31)28-6-17-35(42-22-28)38(40,41)37(54,23-49-24-43-45-46-49)29-7-9-30(39)10-8-29;;;/h5-18,23,25-27,35,54H,4,19-22,24H2,1-3H3;4-17,22,24-26,34,52,54H,3,18-21,23H2,1-2H3;3*1H4/t35-,38?;26-,34-,37?;;;/m00.../s1. The number of halogens is 6. The van der Waals surface area contributed by atoms with E-state index in [1.807, 2.05) is 104 Å². The normalized spacial score (nSPS) is 15.2. The van der Waals surface area contributed by atoms with E-state index in [2.05, 4.69) is 91.6 Å². The maximum Gasteiger partial charge on any atom is 0.350 e. The summed E-state index contributed by atoms with van der Waals surface area (Å²) in [5, 5.41) is 62.8. The number of tetrazole rings is 2. The lowest BCUT2D eigenvalue weighted by Crippen LogP contribution is -2.47. The molecule has 2 saturated heterocycles. The second-order valence-electron chi connectivity index (χ2n) is 27.2. The van der Waals surface area contributed by atoms with Crippen LogP contribution in [-0.2, 0) is 36.1 Å². The van der Waals surface area contributed by atoms with Crippen molar-refractivity contribution >= 4 is 22.7 Å². The average molecular weight is 1530 g/mol. The summed E-state index contributed by atoms with van der Waals surface area (Å²) in [5.41, 5.74) is 0.593. The van der Waals surface area contributed by atoms with Gasteiger partial charge in [-0.3, -0.25) is 9.97 Å². The molecular weight excluding hydrogens is 1440 g/mol. The summed E-state index contributed by atoms with van der Waals surface area (Å²) >= 11 is 0. The first-order valence-electron chi connectivity index (χ1n) is 35.5. The zero-order chi connectivity index (χ0) is 76.1. The van der Waals surface area contributed by atoms with Gasteiger partial charge in [0.25, 0.3) is 0 Å². The Morgan fingerprint density at radius 2 is 0.721 bits per heavy atom. The van der Waals surface area contributed by atoms with Gasteiger partial charge in [-0.25, -0.2) is 46.2 Å². The highest BCUT2D eigenvalue weighted by atomic mass is 19.3. The van der Waals surface area contributed by atoms with E-state index in [1.165, 1.54) is 52.2 Å². The Labute approximate surface area is 639 Å². The van der Waals surface area contributed by atoms with Crippen molar-refractivity contribution in [3.63, 3.8) is 0 Å². The van der Waals surface area contributed by atoms with Gasteiger partial charge in [0, 0.05) is 98.6 Å². The molecule has 5 atom stereocenters. The molecule has 0 spiro atoms. The van der Waals surface area contributed by atoms with Crippen LogP contribution in [0.3, 0.4) is 0 Å². The number of pyridine rings is 2. The van der Waals surface area contributed by atoms with Gasteiger partial charge in [0.15, 0.2) is 11.2 Å². The van der Waals surface area contributed by atoms with Crippen LogP contribution in [0.1, 0.15) is 104 Å². The summed E-state index contributed by atoms with van der Waals surface area (Å²) in [6, 6.07) is 44.9. The van der Waals surface area contributed by atoms with Gasteiger partial charge in [-0.05, 0) is 178 Å². The minimum atomic E-state index is -3.91. The average Bonchev–Trinajstić information content (AvgIpc) is 1.16. The number of piperazine rings is 2. The third kappa shape index (κ3) is 16.9. The van der Waals surface area contributed by atoms with Gasteiger partial charge in [-0.1, -0.05) is 111 Å². The molecule has 25 nitrogen and oxygen atoms in total. The minimum absolute atomic E-state index is 0. The topological polar surface area (TPSA) is 266 Å². The molecule has 3 N–H and O–H groups in total. The molecule has 0 amide bonds. The quantitative estimate of drug-likeness (QED) is 0.0475. The van der Waals surface area contributed by atoms with E-state index in [0.29, 0.717) is 29.2 Å². The number of aliphatic hydroxyl groups excluding tert-OH is 1. The van der Waals surface area contributed by atoms with Crippen molar-refractivity contribution in [2.45, 2.75) is 124 Å². The Balaban J connectivity index is 0.000000230. The maximum atomic E-state index is 16.2. The van der Waals surface area contributed by atoms with Crippen molar-refractivity contribution in [3.8, 4) is 33.6 Å². The van der Waals surface area contributed by atoms with E-state index in [0.717, 1.165) is 169 Å². The lowest BCUT2D eigenvalue weighted by molar-refractivity contribution is -0.206. The van der Waals surface area contributed by atoms with E-state index in [1.54, 1.807) is 22.5 Å². The summed E-state index contributed by atoms with van der Waals surface area (Å²) in [4.78, 5) is 43.4. The molecule has 0 aliphatic carbocycles. The number of rotatable bonds is 24. The maximum absolute atomic E-state index is 16.2. The molecule has 6 aromatic carbocycles. The highest BCUT2D eigenvalue weighted by molar-refractivity contribution is 5.68. The van der Waals surface area contributed by atoms with Gasteiger partial charge in [0.1, 0.15) is 48.3 Å². The number of anilines is 4. The van der Waals surface area contributed by atoms with Crippen molar-refractivity contribution in [2.24, 2.45) is 5.92 Å². The smallest absolute Gasteiger partial charge is 0.350 e. The molecule has 2 aliphatic rings. The Morgan fingerprint density at radius 3 is 1.00 bits per heavy atom. The van der Waals surface area contributed by atoms with Crippen molar-refractivity contribution in [3.05, 3.63) is 263 Å². The monoisotopic (exact) mass is 1530 g/mol. The van der Waals surface area contributed by atoms with Crippen LogP contribution >= 0.6 is 0 Å². The Hall–Kier alpha value is -11.7. The summed E-state index contributed by atoms with van der Waals surface area (Å²) in [6.45, 7) is 14.7. The van der Waals surface area contributed by atoms with Crippen molar-refractivity contribution in [1.29, 1.82) is 0 Å². The molecule has 2 fully saturated rings. The first kappa shape index (κ1) is 81.8. The second-order valence-corrected chi connectivity index (χ2v) is 27.2. The van der Waals surface area contributed by atoms with Crippen LogP contribution in [-0.4, -0.2) is 153 Å². The molecule has 0 radical (unpaired) electrons. The molecule has 6 aromatic heterocycles. The number of aliphatic hydroxyl groups is 3. The zero-order valence-electron chi connectivity index (χ0n) is 59.8. The van der Waals surface area contributed by atoms with Crippen LogP contribution in [0.2, 0.25) is 0 Å². The van der Waals surface area contributed by atoms with Crippen LogP contribution in [0.4, 0.5) is 49.1 Å². The van der Waals surface area contributed by atoms with E-state index in [-0.39, 0.29) is 50.8 Å². The largest absolute Gasteiger partial charge is 0.391 e. The zero-order valence-corrected chi connectivity index (χ0v) is 59.8. The predicted molar refractivity (Wildman–Crippen MR) is 413 cm³/mol. The van der Waals surface area contributed by atoms with Crippen molar-refractivity contribution in [1.82, 2.24) is 79.1 Å². The van der Waals surface area contributed by atoms with Gasteiger partial charge in [0.05, 0.1) is 42.7 Å². The second kappa shape index (κ2) is 34.5. The first-order chi connectivity index (χ1) is 52.0. The third-order valence-electron chi connectivity index (χ3n) is 20.3. The number of alkyl halides is 4. The third-order valence-corrected chi connectivity index (χ3v) is 20.3. The summed E-state index contributed by atoms with van der Waals surface area (Å²) in [5.74, 6) is -8.77. The molecule has 584 valence electrons. The lowest BCUT2D eigenvalue weighted by atomic mass is 9.85. The predicted octanol–water partition coefficient (Wildman–Crippen LogP) is 12.3. The fourth-order valence-electron chi connectivity index (χ4n) is 14.0. The van der Waals surface area contributed by atoms with Gasteiger partial charge in [-0.15, -0.1) is 10.2 Å². The molecule has 31 heteroatoms. The fourth-order valence-corrected chi connectivity index (χ4v) is 14.0. The van der Waals surface area contributed by atoms with Crippen LogP contribution < -0.4 is 31.0 Å². The summed E-state index contributed by atoms with van der Waals surface area (Å²) in [6.07, 6.45) is 8.70. The van der Waals surface area contributed by atoms with Crippen LogP contribution in [0.15, 0.2) is 217 Å². The van der Waals surface area contributed by atoms with Gasteiger partial charge < -0.3 is 34.9 Å². The molecule has 12 aromatic rings. The lowest BCUT2D eigenvalue weighted by Gasteiger charge is -2.37.